The predicted molar refractivity (Wildman–Crippen MR) is 86.8 cm³/mol. The summed E-state index contributed by atoms with van der Waals surface area (Å²) in [6.07, 6.45) is 0. The molecule has 0 aromatic heterocycles. The molecule has 0 spiro atoms. The van der Waals surface area contributed by atoms with Crippen molar-refractivity contribution in [2.75, 3.05) is 26.7 Å². The van der Waals surface area contributed by atoms with Crippen LogP contribution in [0.2, 0.25) is 0 Å². The lowest BCUT2D eigenvalue weighted by Crippen LogP contribution is -3.10. The SMILES string of the molecule is C[NH+](CCOc1ccc(F)cc1)CC(=O)NCc1ccc(F)cc1. The Kier molecular flexibility index (Phi) is 6.69. The van der Waals surface area contributed by atoms with Crippen molar-refractivity contribution in [1.82, 2.24) is 5.32 Å². The highest BCUT2D eigenvalue weighted by molar-refractivity contribution is 5.76. The number of carbonyl (C=O) groups excluding carboxylic acids is 1. The first-order valence-corrected chi connectivity index (χ1v) is 7.74. The molecule has 2 aromatic carbocycles. The molecule has 1 amide bonds. The number of quaternary nitrogens is 1. The molecule has 0 saturated heterocycles. The van der Waals surface area contributed by atoms with Gasteiger partial charge in [-0.25, -0.2) is 8.78 Å². The van der Waals surface area contributed by atoms with Gasteiger partial charge in [-0.3, -0.25) is 4.79 Å². The fourth-order valence-corrected chi connectivity index (χ4v) is 2.10. The van der Waals surface area contributed by atoms with E-state index in [4.69, 9.17) is 4.74 Å². The van der Waals surface area contributed by atoms with E-state index in [1.165, 1.54) is 24.3 Å². The maximum absolute atomic E-state index is 12.8. The van der Waals surface area contributed by atoms with Crippen LogP contribution in [0.1, 0.15) is 5.56 Å². The van der Waals surface area contributed by atoms with Crippen molar-refractivity contribution in [1.29, 1.82) is 0 Å². The molecular formula is C18H21F2N2O2+. The Hall–Kier alpha value is -2.47. The van der Waals surface area contributed by atoms with Crippen LogP contribution in [0.5, 0.6) is 5.75 Å². The van der Waals surface area contributed by atoms with Crippen molar-refractivity contribution in [3.63, 3.8) is 0 Å². The fourth-order valence-electron chi connectivity index (χ4n) is 2.10. The number of benzene rings is 2. The van der Waals surface area contributed by atoms with Crippen molar-refractivity contribution in [2.24, 2.45) is 0 Å². The van der Waals surface area contributed by atoms with E-state index in [1.54, 1.807) is 24.3 Å². The molecule has 1 atom stereocenters. The van der Waals surface area contributed by atoms with E-state index in [0.29, 0.717) is 32.0 Å². The van der Waals surface area contributed by atoms with Crippen LogP contribution in [-0.4, -0.2) is 32.7 Å². The minimum atomic E-state index is -0.303. The summed E-state index contributed by atoms with van der Waals surface area (Å²) < 4.78 is 31.1. The molecule has 0 radical (unpaired) electrons. The third-order valence-corrected chi connectivity index (χ3v) is 3.48. The van der Waals surface area contributed by atoms with Crippen LogP contribution in [0, 0.1) is 11.6 Å². The Morgan fingerprint density at radius 2 is 1.62 bits per heavy atom. The van der Waals surface area contributed by atoms with Crippen molar-refractivity contribution in [2.45, 2.75) is 6.54 Å². The summed E-state index contributed by atoms with van der Waals surface area (Å²) in [6, 6.07) is 11.8. The van der Waals surface area contributed by atoms with Gasteiger partial charge in [0.05, 0.1) is 7.05 Å². The van der Waals surface area contributed by atoms with Crippen LogP contribution in [-0.2, 0) is 11.3 Å². The number of hydrogen-bond donors (Lipinski definition) is 2. The first-order valence-electron chi connectivity index (χ1n) is 7.74. The van der Waals surface area contributed by atoms with Gasteiger partial charge in [-0.15, -0.1) is 0 Å². The average Bonchev–Trinajstić information content (AvgIpc) is 2.56. The quantitative estimate of drug-likeness (QED) is 0.761. The maximum Gasteiger partial charge on any atom is 0.275 e. The minimum Gasteiger partial charge on any atom is -0.488 e. The molecule has 0 aliphatic carbocycles. The molecule has 24 heavy (non-hydrogen) atoms. The van der Waals surface area contributed by atoms with Gasteiger partial charge in [0.1, 0.15) is 30.5 Å². The second kappa shape index (κ2) is 8.98. The molecule has 2 rings (SSSR count). The summed E-state index contributed by atoms with van der Waals surface area (Å²) in [5.41, 5.74) is 0.849. The van der Waals surface area contributed by atoms with Crippen LogP contribution >= 0.6 is 0 Å². The number of ether oxygens (including phenoxy) is 1. The van der Waals surface area contributed by atoms with Crippen LogP contribution in [0.15, 0.2) is 48.5 Å². The molecule has 1 unspecified atom stereocenters. The van der Waals surface area contributed by atoms with Crippen LogP contribution < -0.4 is 15.0 Å². The molecule has 0 saturated carbocycles. The van der Waals surface area contributed by atoms with Crippen molar-refractivity contribution < 1.29 is 23.2 Å². The molecular weight excluding hydrogens is 314 g/mol. The highest BCUT2D eigenvalue weighted by atomic mass is 19.1. The van der Waals surface area contributed by atoms with E-state index >= 15 is 0 Å². The third kappa shape index (κ3) is 6.34. The third-order valence-electron chi connectivity index (χ3n) is 3.48. The van der Waals surface area contributed by atoms with Crippen LogP contribution in [0.4, 0.5) is 8.78 Å². The summed E-state index contributed by atoms with van der Waals surface area (Å²) in [5, 5.41) is 2.80. The monoisotopic (exact) mass is 335 g/mol. The van der Waals surface area contributed by atoms with Crippen LogP contribution in [0.3, 0.4) is 0 Å². The Bertz CT molecular complexity index is 645. The maximum atomic E-state index is 12.8. The zero-order chi connectivity index (χ0) is 17.4. The van der Waals surface area contributed by atoms with Gasteiger partial charge in [0.15, 0.2) is 6.54 Å². The summed E-state index contributed by atoms with van der Waals surface area (Å²) in [7, 11) is 1.89. The van der Waals surface area contributed by atoms with Gasteiger partial charge in [-0.05, 0) is 42.0 Å². The first-order chi connectivity index (χ1) is 11.5. The predicted octanol–water partition coefficient (Wildman–Crippen LogP) is 1.17. The lowest BCUT2D eigenvalue weighted by molar-refractivity contribution is -0.871. The van der Waals surface area contributed by atoms with Gasteiger partial charge in [-0.1, -0.05) is 12.1 Å². The second-order valence-electron chi connectivity index (χ2n) is 5.59. The molecule has 0 aliphatic heterocycles. The van der Waals surface area contributed by atoms with Gasteiger partial charge in [-0.2, -0.15) is 0 Å². The molecule has 6 heteroatoms. The summed E-state index contributed by atoms with van der Waals surface area (Å²) in [4.78, 5) is 12.9. The van der Waals surface area contributed by atoms with Crippen molar-refractivity contribution in [3.8, 4) is 5.75 Å². The Balaban J connectivity index is 1.64. The smallest absolute Gasteiger partial charge is 0.275 e. The fraction of sp³-hybridized carbons (Fsp3) is 0.278. The van der Waals surface area contributed by atoms with Crippen molar-refractivity contribution >= 4 is 5.91 Å². The molecule has 2 aromatic rings. The van der Waals surface area contributed by atoms with Gasteiger partial charge in [0, 0.05) is 6.54 Å². The topological polar surface area (TPSA) is 42.8 Å². The van der Waals surface area contributed by atoms with Gasteiger partial charge >= 0.3 is 0 Å². The summed E-state index contributed by atoms with van der Waals surface area (Å²) in [5.74, 6) is -0.0816. The van der Waals surface area contributed by atoms with E-state index in [-0.39, 0.29) is 17.5 Å². The highest BCUT2D eigenvalue weighted by Gasteiger charge is 2.09. The van der Waals surface area contributed by atoms with E-state index < -0.39 is 0 Å². The molecule has 0 heterocycles. The Morgan fingerprint density at radius 1 is 1.04 bits per heavy atom. The number of rotatable bonds is 8. The second-order valence-corrected chi connectivity index (χ2v) is 5.59. The summed E-state index contributed by atoms with van der Waals surface area (Å²) in [6.45, 7) is 1.76. The molecule has 0 bridgehead atoms. The summed E-state index contributed by atoms with van der Waals surface area (Å²) >= 11 is 0. The average molecular weight is 335 g/mol. The van der Waals surface area contributed by atoms with Crippen LogP contribution in [0.25, 0.3) is 0 Å². The zero-order valence-electron chi connectivity index (χ0n) is 13.5. The van der Waals surface area contributed by atoms with Crippen molar-refractivity contribution in [3.05, 3.63) is 65.7 Å². The van der Waals surface area contributed by atoms with E-state index in [0.717, 1.165) is 10.5 Å². The minimum absolute atomic E-state index is 0.0846. The first kappa shape index (κ1) is 17.9. The molecule has 0 aliphatic rings. The largest absolute Gasteiger partial charge is 0.488 e. The lowest BCUT2D eigenvalue weighted by Gasteiger charge is -2.14. The number of amides is 1. The normalized spacial score (nSPS) is 11.8. The molecule has 2 N–H and O–H groups in total. The number of carbonyl (C=O) groups is 1. The van der Waals surface area contributed by atoms with Gasteiger partial charge < -0.3 is 15.0 Å². The zero-order valence-corrected chi connectivity index (χ0v) is 13.5. The number of nitrogens with one attached hydrogen (secondary N) is 2. The van der Waals surface area contributed by atoms with Gasteiger partial charge in [0.25, 0.3) is 5.91 Å². The highest BCUT2D eigenvalue weighted by Crippen LogP contribution is 2.10. The number of likely N-dealkylation sites (N-methyl/N-ethyl adjacent to an activating group) is 1. The number of hydrogen-bond acceptors (Lipinski definition) is 2. The standard InChI is InChI=1S/C18H20F2N2O2/c1-22(10-11-24-17-8-6-16(20)7-9-17)13-18(23)21-12-14-2-4-15(19)5-3-14/h2-9H,10-13H2,1H3,(H,21,23)/p+1. The van der Waals surface area contributed by atoms with Gasteiger partial charge in [0.2, 0.25) is 0 Å². The molecule has 0 fully saturated rings. The number of halogens is 2. The van der Waals surface area contributed by atoms with E-state index in [1.807, 2.05) is 7.05 Å². The molecule has 128 valence electrons. The lowest BCUT2D eigenvalue weighted by atomic mass is 10.2. The Labute approximate surface area is 140 Å². The molecule has 4 nitrogen and oxygen atoms in total. The Morgan fingerprint density at radius 3 is 2.25 bits per heavy atom. The van der Waals surface area contributed by atoms with E-state index in [2.05, 4.69) is 5.32 Å². The van der Waals surface area contributed by atoms with E-state index in [9.17, 15) is 13.6 Å².